The first-order valence-corrected chi connectivity index (χ1v) is 6.02. The van der Waals surface area contributed by atoms with Crippen molar-refractivity contribution in [3.05, 3.63) is 29.1 Å². The van der Waals surface area contributed by atoms with Crippen LogP contribution in [0.15, 0.2) is 12.1 Å². The lowest BCUT2D eigenvalue weighted by Crippen LogP contribution is -2.21. The molecular weight excluding hydrogens is 237 g/mol. The Hall–Kier alpha value is -1.62. The molecule has 0 spiro atoms. The Kier molecular flexibility index (Phi) is 3.52. The third-order valence-corrected chi connectivity index (χ3v) is 3.64. The lowest BCUT2D eigenvalue weighted by Gasteiger charge is -2.21. The summed E-state index contributed by atoms with van der Waals surface area (Å²) in [6, 6.07) is 1.46. The van der Waals surface area contributed by atoms with E-state index in [4.69, 9.17) is 10.8 Å². The Bertz CT molecular complexity index is 470. The van der Waals surface area contributed by atoms with Crippen LogP contribution in [0.5, 0.6) is 5.75 Å². The first-order chi connectivity index (χ1) is 8.52. The molecule has 0 heterocycles. The Morgan fingerprint density at radius 2 is 2.00 bits per heavy atom. The van der Waals surface area contributed by atoms with E-state index in [1.54, 1.807) is 0 Å². The largest absolute Gasteiger partial charge is 0.507 e. The minimum atomic E-state index is -1.28. The van der Waals surface area contributed by atoms with Crippen molar-refractivity contribution in [3.63, 3.8) is 0 Å². The van der Waals surface area contributed by atoms with Crippen LogP contribution in [0.1, 0.15) is 47.6 Å². The standard InChI is InChI=1S/C13H16FNO3/c14-9-6-5-8(13(17)18)12(16)10(9)11(15)7-3-1-2-4-7/h5-7,11,16H,1-4,15H2,(H,17,18)/t11-/m0/s1. The van der Waals surface area contributed by atoms with Gasteiger partial charge in [0.05, 0.1) is 0 Å². The maximum Gasteiger partial charge on any atom is 0.339 e. The van der Waals surface area contributed by atoms with Gasteiger partial charge in [-0.1, -0.05) is 12.8 Å². The number of carboxylic acid groups (broad SMARTS) is 1. The molecule has 1 fully saturated rings. The van der Waals surface area contributed by atoms with Gasteiger partial charge in [0.15, 0.2) is 0 Å². The molecule has 1 aromatic rings. The minimum Gasteiger partial charge on any atom is -0.507 e. The van der Waals surface area contributed by atoms with E-state index in [0.717, 1.165) is 37.8 Å². The number of carbonyl (C=O) groups is 1. The van der Waals surface area contributed by atoms with E-state index >= 15 is 0 Å². The fraction of sp³-hybridized carbons (Fsp3) is 0.462. The molecule has 1 atom stereocenters. The van der Waals surface area contributed by atoms with Gasteiger partial charge in [0, 0.05) is 11.6 Å². The second kappa shape index (κ2) is 4.94. The lowest BCUT2D eigenvalue weighted by atomic mass is 9.90. The third-order valence-electron chi connectivity index (χ3n) is 3.64. The van der Waals surface area contributed by atoms with Gasteiger partial charge in [0.2, 0.25) is 0 Å². The molecule has 4 nitrogen and oxygen atoms in total. The Labute approximate surface area is 104 Å². The molecule has 0 aromatic heterocycles. The number of halogens is 1. The summed E-state index contributed by atoms with van der Waals surface area (Å²) in [6.45, 7) is 0. The van der Waals surface area contributed by atoms with Gasteiger partial charge in [-0.05, 0) is 30.9 Å². The number of benzene rings is 1. The highest BCUT2D eigenvalue weighted by atomic mass is 19.1. The van der Waals surface area contributed by atoms with E-state index < -0.39 is 23.6 Å². The molecule has 4 N–H and O–H groups in total. The molecule has 1 aliphatic rings. The van der Waals surface area contributed by atoms with E-state index in [1.807, 2.05) is 0 Å². The van der Waals surface area contributed by atoms with Gasteiger partial charge in [0.1, 0.15) is 17.1 Å². The first-order valence-electron chi connectivity index (χ1n) is 6.02. The summed E-state index contributed by atoms with van der Waals surface area (Å²) >= 11 is 0. The van der Waals surface area contributed by atoms with Crippen LogP contribution in [0.2, 0.25) is 0 Å². The smallest absolute Gasteiger partial charge is 0.339 e. The second-order valence-corrected chi connectivity index (χ2v) is 4.73. The maximum absolute atomic E-state index is 13.8. The summed E-state index contributed by atoms with van der Waals surface area (Å²) in [7, 11) is 0. The van der Waals surface area contributed by atoms with Crippen LogP contribution in [-0.4, -0.2) is 16.2 Å². The Morgan fingerprint density at radius 3 is 2.56 bits per heavy atom. The summed E-state index contributed by atoms with van der Waals surface area (Å²) in [6.07, 6.45) is 3.85. The summed E-state index contributed by atoms with van der Waals surface area (Å²) in [5.74, 6) is -2.36. The molecule has 0 saturated heterocycles. The average Bonchev–Trinajstić information content (AvgIpc) is 2.81. The lowest BCUT2D eigenvalue weighted by molar-refractivity contribution is 0.0693. The maximum atomic E-state index is 13.8. The van der Waals surface area contributed by atoms with E-state index in [-0.39, 0.29) is 17.0 Å². The quantitative estimate of drug-likeness (QED) is 0.772. The van der Waals surface area contributed by atoms with Crippen molar-refractivity contribution < 1.29 is 19.4 Å². The molecule has 1 aliphatic carbocycles. The molecule has 2 rings (SSSR count). The highest BCUT2D eigenvalue weighted by Gasteiger charge is 2.29. The highest BCUT2D eigenvalue weighted by molar-refractivity contribution is 5.91. The zero-order chi connectivity index (χ0) is 13.3. The molecule has 0 radical (unpaired) electrons. The van der Waals surface area contributed by atoms with Crippen molar-refractivity contribution in [1.29, 1.82) is 0 Å². The number of hydrogen-bond acceptors (Lipinski definition) is 3. The molecule has 98 valence electrons. The number of phenols is 1. The molecule has 18 heavy (non-hydrogen) atoms. The summed E-state index contributed by atoms with van der Waals surface area (Å²) < 4.78 is 13.8. The van der Waals surface area contributed by atoms with Crippen molar-refractivity contribution in [3.8, 4) is 5.75 Å². The van der Waals surface area contributed by atoms with Gasteiger partial charge >= 0.3 is 5.97 Å². The van der Waals surface area contributed by atoms with Gasteiger partial charge in [-0.2, -0.15) is 0 Å². The van der Waals surface area contributed by atoms with Crippen molar-refractivity contribution >= 4 is 5.97 Å². The fourth-order valence-corrected chi connectivity index (χ4v) is 2.63. The van der Waals surface area contributed by atoms with Gasteiger partial charge in [-0.3, -0.25) is 0 Å². The molecule has 0 unspecified atom stereocenters. The van der Waals surface area contributed by atoms with E-state index in [9.17, 15) is 14.3 Å². The highest BCUT2D eigenvalue weighted by Crippen LogP contribution is 2.39. The number of aromatic hydroxyl groups is 1. The number of carboxylic acids is 1. The summed E-state index contributed by atoms with van der Waals surface area (Å²) in [4.78, 5) is 10.9. The van der Waals surface area contributed by atoms with Gasteiger partial charge in [-0.15, -0.1) is 0 Å². The summed E-state index contributed by atoms with van der Waals surface area (Å²) in [5, 5.41) is 18.8. The zero-order valence-electron chi connectivity index (χ0n) is 9.90. The number of aromatic carboxylic acids is 1. The van der Waals surface area contributed by atoms with Crippen LogP contribution >= 0.6 is 0 Å². The third kappa shape index (κ3) is 2.18. The zero-order valence-corrected chi connectivity index (χ0v) is 9.90. The number of rotatable bonds is 3. The average molecular weight is 253 g/mol. The van der Waals surface area contributed by atoms with Crippen LogP contribution < -0.4 is 5.73 Å². The normalized spacial score (nSPS) is 17.9. The molecule has 1 saturated carbocycles. The predicted molar refractivity (Wildman–Crippen MR) is 63.9 cm³/mol. The second-order valence-electron chi connectivity index (χ2n) is 4.73. The monoisotopic (exact) mass is 253 g/mol. The van der Waals surface area contributed by atoms with Crippen LogP contribution in [0, 0.1) is 11.7 Å². The van der Waals surface area contributed by atoms with Crippen LogP contribution in [0.3, 0.4) is 0 Å². The molecule has 5 heteroatoms. The van der Waals surface area contributed by atoms with Crippen LogP contribution in [0.25, 0.3) is 0 Å². The topological polar surface area (TPSA) is 83.6 Å². The first kappa shape index (κ1) is 12.8. The predicted octanol–water partition coefficient (Wildman–Crippen LogP) is 2.42. The SMILES string of the molecule is N[C@H](c1c(F)ccc(C(=O)O)c1O)C1CCCC1. The molecule has 0 bridgehead atoms. The molecule has 0 aliphatic heterocycles. The van der Waals surface area contributed by atoms with Crippen molar-refractivity contribution in [2.75, 3.05) is 0 Å². The Balaban J connectivity index is 2.42. The van der Waals surface area contributed by atoms with Crippen molar-refractivity contribution in [1.82, 2.24) is 0 Å². The van der Waals surface area contributed by atoms with Crippen LogP contribution in [-0.2, 0) is 0 Å². The van der Waals surface area contributed by atoms with Crippen LogP contribution in [0.4, 0.5) is 4.39 Å². The van der Waals surface area contributed by atoms with E-state index in [0.29, 0.717) is 0 Å². The molecular formula is C13H16FNO3. The van der Waals surface area contributed by atoms with E-state index in [1.165, 1.54) is 0 Å². The number of hydrogen-bond donors (Lipinski definition) is 3. The molecule has 1 aromatic carbocycles. The van der Waals surface area contributed by atoms with Gasteiger partial charge < -0.3 is 15.9 Å². The Morgan fingerprint density at radius 1 is 1.39 bits per heavy atom. The van der Waals surface area contributed by atoms with Gasteiger partial charge in [0.25, 0.3) is 0 Å². The fourth-order valence-electron chi connectivity index (χ4n) is 2.63. The number of nitrogens with two attached hydrogens (primary N) is 1. The molecule has 0 amide bonds. The van der Waals surface area contributed by atoms with E-state index in [2.05, 4.69) is 0 Å². The summed E-state index contributed by atoms with van der Waals surface area (Å²) in [5.41, 5.74) is 5.60. The minimum absolute atomic E-state index is 0.0678. The van der Waals surface area contributed by atoms with Crippen molar-refractivity contribution in [2.45, 2.75) is 31.7 Å². The van der Waals surface area contributed by atoms with Gasteiger partial charge in [-0.25, -0.2) is 9.18 Å². The van der Waals surface area contributed by atoms with Crippen molar-refractivity contribution in [2.24, 2.45) is 11.7 Å².